The van der Waals surface area contributed by atoms with Crippen molar-refractivity contribution >= 4 is 29.2 Å². The summed E-state index contributed by atoms with van der Waals surface area (Å²) in [6.07, 6.45) is 1.51. The summed E-state index contributed by atoms with van der Waals surface area (Å²) in [6.45, 7) is 4.04. The molecule has 0 saturated carbocycles. The van der Waals surface area contributed by atoms with Gasteiger partial charge in [-0.25, -0.2) is 4.98 Å². The van der Waals surface area contributed by atoms with Crippen molar-refractivity contribution in [1.82, 2.24) is 10.3 Å². The molecule has 0 aliphatic heterocycles. The summed E-state index contributed by atoms with van der Waals surface area (Å²) in [5.41, 5.74) is 3.49. The van der Waals surface area contributed by atoms with Crippen LogP contribution >= 0.6 is 0 Å². The molecule has 8 nitrogen and oxygen atoms in total. The first-order valence-corrected chi connectivity index (χ1v) is 11.3. The number of hydrogen-bond donors (Lipinski definition) is 2. The number of anilines is 2. The minimum Gasteiger partial charge on any atom is -0.497 e. The quantitative estimate of drug-likeness (QED) is 0.466. The van der Waals surface area contributed by atoms with E-state index in [9.17, 15) is 14.4 Å². The van der Waals surface area contributed by atoms with Crippen LogP contribution in [-0.2, 0) is 20.9 Å². The number of hydrogen-bond acceptors (Lipinski definition) is 5. The van der Waals surface area contributed by atoms with E-state index in [0.717, 1.165) is 22.4 Å². The SMILES string of the molecule is COc1ccc(CNC(=O)CN(C(=O)CCC(=O)Nc2ccccn2)c2cc(C)cc(C)c2)cc1. The van der Waals surface area contributed by atoms with Crippen molar-refractivity contribution in [2.24, 2.45) is 0 Å². The molecule has 2 aromatic carbocycles. The van der Waals surface area contributed by atoms with Crippen LogP contribution in [0.2, 0.25) is 0 Å². The molecule has 1 aromatic heterocycles. The predicted molar refractivity (Wildman–Crippen MR) is 135 cm³/mol. The Balaban J connectivity index is 1.65. The van der Waals surface area contributed by atoms with Crippen LogP contribution in [0, 0.1) is 13.8 Å². The van der Waals surface area contributed by atoms with Gasteiger partial charge in [-0.05, 0) is 66.9 Å². The molecular formula is C27H30N4O4. The number of nitrogens with zero attached hydrogens (tertiary/aromatic N) is 2. The number of ether oxygens (including phenoxy) is 1. The monoisotopic (exact) mass is 474 g/mol. The van der Waals surface area contributed by atoms with Crippen molar-refractivity contribution in [3.8, 4) is 5.75 Å². The highest BCUT2D eigenvalue weighted by Gasteiger charge is 2.21. The molecule has 0 fully saturated rings. The second-order valence-electron chi connectivity index (χ2n) is 8.21. The Morgan fingerprint density at radius 2 is 1.63 bits per heavy atom. The number of aromatic nitrogens is 1. The van der Waals surface area contributed by atoms with Gasteiger partial charge < -0.3 is 20.3 Å². The number of rotatable bonds is 10. The van der Waals surface area contributed by atoms with Gasteiger partial charge in [-0.3, -0.25) is 14.4 Å². The van der Waals surface area contributed by atoms with Gasteiger partial charge in [0.15, 0.2) is 0 Å². The van der Waals surface area contributed by atoms with Crippen molar-refractivity contribution < 1.29 is 19.1 Å². The first kappa shape index (κ1) is 25.4. The number of methoxy groups -OCH3 is 1. The molecule has 8 heteroatoms. The molecule has 0 aliphatic carbocycles. The molecule has 0 saturated heterocycles. The van der Waals surface area contributed by atoms with E-state index in [1.807, 2.05) is 56.3 Å². The number of nitrogens with one attached hydrogen (secondary N) is 2. The van der Waals surface area contributed by atoms with E-state index >= 15 is 0 Å². The molecule has 0 bridgehead atoms. The lowest BCUT2D eigenvalue weighted by atomic mass is 10.1. The molecule has 35 heavy (non-hydrogen) atoms. The number of amides is 3. The standard InChI is InChI=1S/C27H30N4O4/c1-19-14-20(2)16-22(15-19)31(18-26(33)29-17-21-7-9-23(35-3)10-8-21)27(34)12-11-25(32)30-24-6-4-5-13-28-24/h4-10,13-16H,11-12,17-18H2,1-3H3,(H,29,33)(H,28,30,32). The Bertz CT molecular complexity index is 1140. The molecule has 0 radical (unpaired) electrons. The van der Waals surface area contributed by atoms with Crippen LogP contribution in [-0.4, -0.2) is 36.4 Å². The normalized spacial score (nSPS) is 10.4. The molecule has 0 spiro atoms. The van der Waals surface area contributed by atoms with Crippen LogP contribution in [0.15, 0.2) is 66.9 Å². The van der Waals surface area contributed by atoms with Crippen molar-refractivity contribution in [3.63, 3.8) is 0 Å². The molecule has 3 aromatic rings. The van der Waals surface area contributed by atoms with Gasteiger partial charge in [-0.1, -0.05) is 24.3 Å². The van der Waals surface area contributed by atoms with Gasteiger partial charge in [-0.2, -0.15) is 0 Å². The highest BCUT2D eigenvalue weighted by atomic mass is 16.5. The van der Waals surface area contributed by atoms with Crippen LogP contribution in [0.4, 0.5) is 11.5 Å². The van der Waals surface area contributed by atoms with Crippen molar-refractivity contribution in [1.29, 1.82) is 0 Å². The van der Waals surface area contributed by atoms with Crippen LogP contribution in [0.5, 0.6) is 5.75 Å². The van der Waals surface area contributed by atoms with Gasteiger partial charge in [0.1, 0.15) is 18.1 Å². The molecule has 3 amide bonds. The number of benzene rings is 2. The Hall–Kier alpha value is -4.20. The minimum atomic E-state index is -0.318. The number of carbonyl (C=O) groups is 3. The first-order chi connectivity index (χ1) is 16.8. The Labute approximate surface area is 205 Å². The summed E-state index contributed by atoms with van der Waals surface area (Å²) < 4.78 is 5.15. The van der Waals surface area contributed by atoms with E-state index in [-0.39, 0.29) is 37.1 Å². The Morgan fingerprint density at radius 3 is 2.26 bits per heavy atom. The molecule has 3 rings (SSSR count). The smallest absolute Gasteiger partial charge is 0.240 e. The van der Waals surface area contributed by atoms with Gasteiger partial charge in [0.05, 0.1) is 7.11 Å². The lowest BCUT2D eigenvalue weighted by Gasteiger charge is -2.23. The van der Waals surface area contributed by atoms with E-state index in [1.165, 1.54) is 4.90 Å². The average molecular weight is 475 g/mol. The second kappa shape index (κ2) is 12.3. The number of pyridine rings is 1. The number of aryl methyl sites for hydroxylation is 2. The zero-order valence-electron chi connectivity index (χ0n) is 20.2. The predicted octanol–water partition coefficient (Wildman–Crippen LogP) is 3.78. The zero-order chi connectivity index (χ0) is 25.2. The fraction of sp³-hybridized carbons (Fsp3) is 0.259. The maximum atomic E-state index is 13.1. The van der Waals surface area contributed by atoms with Gasteiger partial charge in [0.25, 0.3) is 0 Å². The zero-order valence-corrected chi connectivity index (χ0v) is 20.2. The van der Waals surface area contributed by atoms with Crippen LogP contribution in [0.25, 0.3) is 0 Å². The number of carbonyl (C=O) groups excluding carboxylic acids is 3. The van der Waals surface area contributed by atoms with E-state index in [4.69, 9.17) is 4.74 Å². The molecule has 2 N–H and O–H groups in total. The summed E-state index contributed by atoms with van der Waals surface area (Å²) in [5.74, 6) is 0.228. The van der Waals surface area contributed by atoms with E-state index in [2.05, 4.69) is 15.6 Å². The highest BCUT2D eigenvalue weighted by Crippen LogP contribution is 2.20. The summed E-state index contributed by atoms with van der Waals surface area (Å²) in [5, 5.41) is 5.53. The first-order valence-electron chi connectivity index (χ1n) is 11.3. The van der Waals surface area contributed by atoms with Crippen molar-refractivity contribution in [2.75, 3.05) is 23.9 Å². The fourth-order valence-corrected chi connectivity index (χ4v) is 3.57. The molecule has 0 aliphatic rings. The van der Waals surface area contributed by atoms with E-state index in [1.54, 1.807) is 31.5 Å². The molecule has 182 valence electrons. The van der Waals surface area contributed by atoms with Crippen LogP contribution < -0.4 is 20.3 Å². The molecule has 1 heterocycles. The fourth-order valence-electron chi connectivity index (χ4n) is 3.57. The van der Waals surface area contributed by atoms with Crippen molar-refractivity contribution in [2.45, 2.75) is 33.2 Å². The average Bonchev–Trinajstić information content (AvgIpc) is 2.85. The maximum Gasteiger partial charge on any atom is 0.240 e. The van der Waals surface area contributed by atoms with Gasteiger partial charge in [0, 0.05) is 31.3 Å². The topological polar surface area (TPSA) is 101 Å². The van der Waals surface area contributed by atoms with Crippen molar-refractivity contribution in [3.05, 3.63) is 83.6 Å². The van der Waals surface area contributed by atoms with E-state index < -0.39 is 0 Å². The summed E-state index contributed by atoms with van der Waals surface area (Å²) in [4.78, 5) is 43.7. The lowest BCUT2D eigenvalue weighted by Crippen LogP contribution is -2.41. The third kappa shape index (κ3) is 7.96. The molecular weight excluding hydrogens is 444 g/mol. The Kier molecular flexibility index (Phi) is 8.95. The lowest BCUT2D eigenvalue weighted by molar-refractivity contribution is -0.125. The van der Waals surface area contributed by atoms with Gasteiger partial charge in [0.2, 0.25) is 17.7 Å². The maximum absolute atomic E-state index is 13.1. The largest absolute Gasteiger partial charge is 0.497 e. The van der Waals surface area contributed by atoms with Crippen LogP contribution in [0.1, 0.15) is 29.5 Å². The third-order valence-corrected chi connectivity index (χ3v) is 5.27. The van der Waals surface area contributed by atoms with Crippen LogP contribution in [0.3, 0.4) is 0 Å². The minimum absolute atomic E-state index is 0.0236. The highest BCUT2D eigenvalue weighted by molar-refractivity contribution is 6.01. The van der Waals surface area contributed by atoms with Gasteiger partial charge >= 0.3 is 0 Å². The summed E-state index contributed by atoms with van der Waals surface area (Å²) in [7, 11) is 1.59. The van der Waals surface area contributed by atoms with Gasteiger partial charge in [-0.15, -0.1) is 0 Å². The third-order valence-electron chi connectivity index (χ3n) is 5.27. The second-order valence-corrected chi connectivity index (χ2v) is 8.21. The Morgan fingerprint density at radius 1 is 0.914 bits per heavy atom. The summed E-state index contributed by atoms with van der Waals surface area (Å²) in [6, 6.07) is 18.3. The molecule has 0 unspecified atom stereocenters. The van der Waals surface area contributed by atoms with E-state index in [0.29, 0.717) is 18.1 Å². The summed E-state index contributed by atoms with van der Waals surface area (Å²) >= 11 is 0. The molecule has 0 atom stereocenters.